The third-order valence-corrected chi connectivity index (χ3v) is 8.28. The number of benzene rings is 1. The van der Waals surface area contributed by atoms with E-state index in [0.29, 0.717) is 38.1 Å². The average molecular weight is 553 g/mol. The first kappa shape index (κ1) is 29.9. The van der Waals surface area contributed by atoms with Crippen molar-refractivity contribution in [2.24, 2.45) is 4.99 Å². The van der Waals surface area contributed by atoms with Gasteiger partial charge in [-0.15, -0.1) is 0 Å². The summed E-state index contributed by atoms with van der Waals surface area (Å²) in [6.45, 7) is 5.28. The number of unbranched alkanes of at least 4 members (excludes halogenated alkanes) is 7. The van der Waals surface area contributed by atoms with Gasteiger partial charge in [-0.05, 0) is 51.0 Å². The van der Waals surface area contributed by atoms with Gasteiger partial charge >= 0.3 is 12.1 Å². The van der Waals surface area contributed by atoms with Crippen LogP contribution in [0.15, 0.2) is 46.6 Å². The Morgan fingerprint density at radius 2 is 1.77 bits per heavy atom. The molecule has 0 saturated carbocycles. The number of allylic oxidation sites excluding steroid dienone is 1. The van der Waals surface area contributed by atoms with E-state index in [-0.39, 0.29) is 18.6 Å². The highest BCUT2D eigenvalue weighted by Gasteiger charge is 2.46. The maximum atomic E-state index is 13.1. The van der Waals surface area contributed by atoms with Crippen molar-refractivity contribution in [3.8, 4) is 0 Å². The van der Waals surface area contributed by atoms with Crippen LogP contribution in [0.5, 0.6) is 0 Å². The van der Waals surface area contributed by atoms with Crippen LogP contribution in [0.3, 0.4) is 0 Å². The summed E-state index contributed by atoms with van der Waals surface area (Å²) in [5.41, 5.74) is 2.56. The van der Waals surface area contributed by atoms with Gasteiger partial charge in [0.1, 0.15) is 6.61 Å². The molecule has 1 fully saturated rings. The Balaban J connectivity index is 1.15. The highest BCUT2D eigenvalue weighted by Crippen LogP contribution is 2.38. The monoisotopic (exact) mass is 552 g/mol. The largest absolute Gasteiger partial charge is 0.462 e. The van der Waals surface area contributed by atoms with Gasteiger partial charge in [-0.3, -0.25) is 0 Å². The van der Waals surface area contributed by atoms with Gasteiger partial charge < -0.3 is 25.0 Å². The van der Waals surface area contributed by atoms with Gasteiger partial charge in [-0.2, -0.15) is 0 Å². The zero-order valence-electron chi connectivity index (χ0n) is 24.5. The predicted octanol–water partition coefficient (Wildman–Crippen LogP) is 6.22. The zero-order valence-corrected chi connectivity index (χ0v) is 24.5. The van der Waals surface area contributed by atoms with Crippen molar-refractivity contribution in [1.82, 2.24) is 15.5 Å². The van der Waals surface area contributed by atoms with E-state index in [1.54, 1.807) is 0 Å². The molecule has 1 aromatic carbocycles. The van der Waals surface area contributed by atoms with Crippen molar-refractivity contribution in [2.75, 3.05) is 13.2 Å². The quantitative estimate of drug-likeness (QED) is 0.187. The number of nitrogens with one attached hydrogen (secondary N) is 2. The lowest BCUT2D eigenvalue weighted by Gasteiger charge is -2.42. The molecule has 0 spiro atoms. The Hall–Kier alpha value is -3.03. The smallest absolute Gasteiger partial charge is 0.407 e. The van der Waals surface area contributed by atoms with Gasteiger partial charge in [0.05, 0.1) is 24.3 Å². The number of hydrogen-bond acceptors (Lipinski definition) is 7. The first-order valence-corrected chi connectivity index (χ1v) is 15.5. The van der Waals surface area contributed by atoms with Crippen molar-refractivity contribution in [1.29, 1.82) is 0 Å². The molecule has 1 aromatic rings. The minimum Gasteiger partial charge on any atom is -0.462 e. The second-order valence-corrected chi connectivity index (χ2v) is 11.4. The molecule has 4 rings (SSSR count). The molecule has 0 aliphatic carbocycles. The fourth-order valence-electron chi connectivity index (χ4n) is 6.15. The molecule has 8 heteroatoms. The highest BCUT2D eigenvalue weighted by molar-refractivity contribution is 5.96. The van der Waals surface area contributed by atoms with E-state index in [1.807, 2.05) is 37.3 Å². The lowest BCUT2D eigenvalue weighted by Crippen LogP contribution is -2.56. The molecule has 3 atom stereocenters. The maximum Gasteiger partial charge on any atom is 0.407 e. The summed E-state index contributed by atoms with van der Waals surface area (Å²) in [4.78, 5) is 32.4. The molecular weight excluding hydrogens is 504 g/mol. The first-order valence-electron chi connectivity index (χ1n) is 15.5. The second kappa shape index (κ2) is 15.7. The molecule has 1 amide bonds. The van der Waals surface area contributed by atoms with Crippen LogP contribution in [0.4, 0.5) is 4.79 Å². The van der Waals surface area contributed by atoms with Crippen molar-refractivity contribution < 1.29 is 19.1 Å². The van der Waals surface area contributed by atoms with Gasteiger partial charge in [-0.25, -0.2) is 14.6 Å². The minimum atomic E-state index is -0.436. The van der Waals surface area contributed by atoms with Gasteiger partial charge in [0.15, 0.2) is 5.96 Å². The van der Waals surface area contributed by atoms with E-state index in [2.05, 4.69) is 22.5 Å². The average Bonchev–Trinajstić information content (AvgIpc) is 3.38. The number of carbonyl (C=O) groups excluding carboxylic acids is 2. The SMILES string of the molecule is CCCCCCCCC[C@@H]1C[C@@H]2CCC3C(C(=O)OCCCCNC(=O)OCc4ccccc4)=C(C)NC(=N1)N32. The number of guanidine groups is 1. The van der Waals surface area contributed by atoms with Crippen LogP contribution in [-0.2, 0) is 20.9 Å². The normalized spacial score (nSPS) is 21.4. The van der Waals surface area contributed by atoms with Crippen LogP contribution in [0.1, 0.15) is 103 Å². The van der Waals surface area contributed by atoms with E-state index in [0.717, 1.165) is 48.5 Å². The lowest BCUT2D eigenvalue weighted by atomic mass is 9.97. The van der Waals surface area contributed by atoms with Gasteiger partial charge in [0.2, 0.25) is 0 Å². The minimum absolute atomic E-state index is 0.0538. The fourth-order valence-corrected chi connectivity index (χ4v) is 6.15. The number of rotatable bonds is 16. The van der Waals surface area contributed by atoms with E-state index >= 15 is 0 Å². The Kier molecular flexibility index (Phi) is 11.7. The molecule has 220 valence electrons. The van der Waals surface area contributed by atoms with Crippen LogP contribution < -0.4 is 10.6 Å². The number of esters is 1. The number of aliphatic imine (C=N–C) groups is 1. The lowest BCUT2D eigenvalue weighted by molar-refractivity contribution is -0.140. The molecule has 1 saturated heterocycles. The first-order chi connectivity index (χ1) is 19.6. The summed E-state index contributed by atoms with van der Waals surface area (Å²) in [6, 6.07) is 10.5. The van der Waals surface area contributed by atoms with Crippen molar-refractivity contribution in [2.45, 2.75) is 122 Å². The molecular formula is C32H48N4O4. The predicted molar refractivity (Wildman–Crippen MR) is 158 cm³/mol. The summed E-state index contributed by atoms with van der Waals surface area (Å²) in [5.74, 6) is 0.709. The molecule has 1 unspecified atom stereocenters. The Morgan fingerprint density at radius 3 is 2.58 bits per heavy atom. The standard InChI is InChI=1S/C32H48N4O4/c1-3-4-5-6-7-8-12-17-26-22-27-18-19-28-29(24(2)34-31(35-26)36(27)28)30(37)39-21-14-13-20-33-32(38)40-23-25-15-10-9-11-16-25/h9-11,15-16,26-28H,3-8,12-14,17-23H2,1-2H3,(H,33,38)(H,34,35)/t26-,27+,28?/m1/s1. The second-order valence-electron chi connectivity index (χ2n) is 11.4. The van der Waals surface area contributed by atoms with Crippen LogP contribution in [0.2, 0.25) is 0 Å². The van der Waals surface area contributed by atoms with Crippen molar-refractivity contribution in [3.63, 3.8) is 0 Å². The van der Waals surface area contributed by atoms with Crippen LogP contribution >= 0.6 is 0 Å². The zero-order chi connectivity index (χ0) is 28.2. The van der Waals surface area contributed by atoms with Gasteiger partial charge in [0, 0.05) is 18.3 Å². The van der Waals surface area contributed by atoms with Crippen molar-refractivity contribution in [3.05, 3.63) is 47.2 Å². The fraction of sp³-hybridized carbons (Fsp3) is 0.656. The van der Waals surface area contributed by atoms with E-state index in [4.69, 9.17) is 14.5 Å². The third kappa shape index (κ3) is 8.48. The molecule has 3 aliphatic heterocycles. The van der Waals surface area contributed by atoms with Crippen LogP contribution in [0.25, 0.3) is 0 Å². The summed E-state index contributed by atoms with van der Waals surface area (Å²) in [7, 11) is 0. The van der Waals surface area contributed by atoms with E-state index < -0.39 is 6.09 Å². The number of amides is 1. The summed E-state index contributed by atoms with van der Waals surface area (Å²) >= 11 is 0. The highest BCUT2D eigenvalue weighted by atomic mass is 16.5. The Morgan fingerprint density at radius 1 is 1.00 bits per heavy atom. The maximum absolute atomic E-state index is 13.1. The van der Waals surface area contributed by atoms with Crippen LogP contribution in [0, 0.1) is 0 Å². The number of carbonyl (C=O) groups is 2. The Bertz CT molecular complexity index is 1030. The molecule has 3 aliphatic rings. The summed E-state index contributed by atoms with van der Waals surface area (Å²) in [6.07, 6.45) is 14.5. The molecule has 0 bridgehead atoms. The van der Waals surface area contributed by atoms with Crippen molar-refractivity contribution >= 4 is 18.0 Å². The molecule has 8 nitrogen and oxygen atoms in total. The summed E-state index contributed by atoms with van der Waals surface area (Å²) < 4.78 is 10.9. The number of hydrogen-bond donors (Lipinski definition) is 2. The van der Waals surface area contributed by atoms with Gasteiger partial charge in [0.25, 0.3) is 0 Å². The number of ether oxygens (including phenoxy) is 2. The Labute approximate surface area is 240 Å². The van der Waals surface area contributed by atoms with Crippen LogP contribution in [-0.4, -0.2) is 54.2 Å². The molecule has 2 N–H and O–H groups in total. The van der Waals surface area contributed by atoms with Gasteiger partial charge in [-0.1, -0.05) is 82.2 Å². The topological polar surface area (TPSA) is 92.3 Å². The summed E-state index contributed by atoms with van der Waals surface area (Å²) in [5, 5.41) is 6.20. The molecule has 0 radical (unpaired) electrons. The number of alkyl carbamates (subject to hydrolysis) is 1. The number of nitrogens with zero attached hydrogens (tertiary/aromatic N) is 2. The molecule has 3 heterocycles. The molecule has 40 heavy (non-hydrogen) atoms. The van der Waals surface area contributed by atoms with E-state index in [9.17, 15) is 9.59 Å². The van der Waals surface area contributed by atoms with E-state index in [1.165, 1.54) is 44.9 Å². The molecule has 0 aromatic heterocycles. The third-order valence-electron chi connectivity index (χ3n) is 8.28.